The maximum atomic E-state index is 14.4. The summed E-state index contributed by atoms with van der Waals surface area (Å²) in [4.78, 5) is 2.35. The van der Waals surface area contributed by atoms with Crippen molar-refractivity contribution in [3.05, 3.63) is 145 Å². The average molecular weight is 528 g/mol. The van der Waals surface area contributed by atoms with Crippen molar-refractivity contribution in [2.75, 3.05) is 10.2 Å². The summed E-state index contributed by atoms with van der Waals surface area (Å²) in [6, 6.07) is 45.7. The standard InChI is InChI=1S/C37H26BFN2/c1-24-11-5-6-16-29(24)30-17-10-19-32-37(30)40-33-22-26(25-12-9-13-27(39)21-25)23-35-36(33)38(32)31-18-7-8-20-34(31)41(35)28-14-3-2-4-15-28/h2-23,40H,1H3. The fourth-order valence-electron chi connectivity index (χ4n) is 6.65. The second-order valence-electron chi connectivity index (χ2n) is 10.8. The molecule has 6 aromatic carbocycles. The van der Waals surface area contributed by atoms with Gasteiger partial charge in [0, 0.05) is 34.0 Å². The molecule has 0 bridgehead atoms. The van der Waals surface area contributed by atoms with E-state index in [-0.39, 0.29) is 12.5 Å². The predicted molar refractivity (Wildman–Crippen MR) is 171 cm³/mol. The molecule has 0 radical (unpaired) electrons. The molecular formula is C37H26BFN2. The molecule has 2 nitrogen and oxygen atoms in total. The molecule has 41 heavy (non-hydrogen) atoms. The summed E-state index contributed by atoms with van der Waals surface area (Å²) in [6.07, 6.45) is 0. The molecule has 2 aliphatic rings. The summed E-state index contributed by atoms with van der Waals surface area (Å²) in [5.74, 6) is -0.239. The molecular weight excluding hydrogens is 502 g/mol. The van der Waals surface area contributed by atoms with E-state index >= 15 is 0 Å². The van der Waals surface area contributed by atoms with Crippen LogP contribution in [-0.2, 0) is 0 Å². The van der Waals surface area contributed by atoms with Crippen LogP contribution >= 0.6 is 0 Å². The minimum atomic E-state index is -0.239. The Balaban J connectivity index is 1.45. The highest BCUT2D eigenvalue weighted by Crippen LogP contribution is 2.43. The predicted octanol–water partition coefficient (Wildman–Crippen LogP) is 7.82. The van der Waals surface area contributed by atoms with Crippen molar-refractivity contribution in [2.24, 2.45) is 0 Å². The summed E-state index contributed by atoms with van der Waals surface area (Å²) in [5.41, 5.74) is 14.8. The van der Waals surface area contributed by atoms with Gasteiger partial charge in [0.05, 0.1) is 0 Å². The van der Waals surface area contributed by atoms with Crippen molar-refractivity contribution in [1.82, 2.24) is 0 Å². The lowest BCUT2D eigenvalue weighted by Crippen LogP contribution is -2.60. The van der Waals surface area contributed by atoms with Crippen molar-refractivity contribution in [1.29, 1.82) is 0 Å². The highest BCUT2D eigenvalue weighted by molar-refractivity contribution is 7.00. The van der Waals surface area contributed by atoms with Crippen LogP contribution in [0.15, 0.2) is 133 Å². The van der Waals surface area contributed by atoms with E-state index in [0.717, 1.165) is 39.6 Å². The van der Waals surface area contributed by atoms with Crippen LogP contribution < -0.4 is 26.6 Å². The number of halogens is 1. The van der Waals surface area contributed by atoms with E-state index in [2.05, 4.69) is 120 Å². The Kier molecular flexibility index (Phi) is 5.36. The smallest absolute Gasteiger partial charge is 0.252 e. The third-order valence-electron chi connectivity index (χ3n) is 8.45. The van der Waals surface area contributed by atoms with Gasteiger partial charge in [-0.2, -0.15) is 0 Å². The van der Waals surface area contributed by atoms with Gasteiger partial charge >= 0.3 is 0 Å². The fourth-order valence-corrected chi connectivity index (χ4v) is 6.65. The number of hydrogen-bond donors (Lipinski definition) is 1. The van der Waals surface area contributed by atoms with Gasteiger partial charge in [0.25, 0.3) is 6.71 Å². The molecule has 2 aliphatic heterocycles. The molecule has 0 saturated carbocycles. The Morgan fingerprint density at radius 1 is 0.610 bits per heavy atom. The van der Waals surface area contributed by atoms with Crippen LogP contribution in [0.4, 0.5) is 32.8 Å². The van der Waals surface area contributed by atoms with Crippen LogP contribution in [0.1, 0.15) is 5.56 Å². The highest BCUT2D eigenvalue weighted by atomic mass is 19.1. The first-order valence-electron chi connectivity index (χ1n) is 14.0. The summed E-state index contributed by atoms with van der Waals surface area (Å²) in [6.45, 7) is 2.22. The fraction of sp³-hybridized carbons (Fsp3) is 0.0270. The summed E-state index contributed by atoms with van der Waals surface area (Å²) in [7, 11) is 0. The van der Waals surface area contributed by atoms with Gasteiger partial charge in [-0.3, -0.25) is 0 Å². The lowest BCUT2D eigenvalue weighted by atomic mass is 9.33. The Bertz CT molecular complexity index is 1970. The van der Waals surface area contributed by atoms with E-state index in [0.29, 0.717) is 0 Å². The Hall–Kier alpha value is -5.09. The highest BCUT2D eigenvalue weighted by Gasteiger charge is 2.41. The van der Waals surface area contributed by atoms with Crippen LogP contribution in [0.25, 0.3) is 22.3 Å². The zero-order chi connectivity index (χ0) is 27.5. The molecule has 0 atom stereocenters. The first-order chi connectivity index (χ1) is 20.2. The minimum Gasteiger partial charge on any atom is -0.356 e. The summed E-state index contributed by atoms with van der Waals surface area (Å²) < 4.78 is 14.4. The third-order valence-corrected chi connectivity index (χ3v) is 8.45. The van der Waals surface area contributed by atoms with Crippen LogP contribution in [0.2, 0.25) is 0 Å². The molecule has 0 unspecified atom stereocenters. The lowest BCUT2D eigenvalue weighted by Gasteiger charge is -2.41. The number of rotatable bonds is 3. The molecule has 1 N–H and O–H groups in total. The minimum absolute atomic E-state index is 0.0536. The number of nitrogens with one attached hydrogen (secondary N) is 1. The van der Waals surface area contributed by atoms with Crippen molar-refractivity contribution in [3.8, 4) is 22.3 Å². The maximum absolute atomic E-state index is 14.4. The van der Waals surface area contributed by atoms with E-state index in [1.807, 2.05) is 12.1 Å². The molecule has 0 aromatic heterocycles. The van der Waals surface area contributed by atoms with Gasteiger partial charge in [0.2, 0.25) is 0 Å². The van der Waals surface area contributed by atoms with E-state index in [1.54, 1.807) is 12.1 Å². The monoisotopic (exact) mass is 528 g/mol. The topological polar surface area (TPSA) is 15.3 Å². The molecule has 6 aromatic rings. The number of para-hydroxylation sites is 3. The molecule has 4 heteroatoms. The zero-order valence-corrected chi connectivity index (χ0v) is 22.6. The summed E-state index contributed by atoms with van der Waals surface area (Å²) in [5, 5.41) is 3.88. The van der Waals surface area contributed by atoms with Crippen molar-refractivity contribution < 1.29 is 4.39 Å². The zero-order valence-electron chi connectivity index (χ0n) is 22.6. The van der Waals surface area contributed by atoms with Crippen LogP contribution in [0.5, 0.6) is 0 Å². The number of anilines is 5. The molecule has 0 spiro atoms. The van der Waals surface area contributed by atoms with Gasteiger partial charge in [0.15, 0.2) is 0 Å². The SMILES string of the molecule is Cc1ccccc1-c1cccc2c1Nc1cc(-c3cccc(F)c3)cc3c1B2c1ccccc1N3c1ccccc1. The van der Waals surface area contributed by atoms with Gasteiger partial charge in [-0.1, -0.05) is 91.0 Å². The number of hydrogen-bond acceptors (Lipinski definition) is 2. The molecule has 0 saturated heterocycles. The lowest BCUT2D eigenvalue weighted by molar-refractivity contribution is 0.628. The van der Waals surface area contributed by atoms with Gasteiger partial charge in [-0.05, 0) is 88.0 Å². The number of benzene rings is 6. The Morgan fingerprint density at radius 3 is 2.20 bits per heavy atom. The van der Waals surface area contributed by atoms with Gasteiger partial charge in [-0.15, -0.1) is 0 Å². The number of nitrogens with zero attached hydrogens (tertiary/aromatic N) is 1. The second-order valence-corrected chi connectivity index (χ2v) is 10.8. The largest absolute Gasteiger partial charge is 0.356 e. The van der Waals surface area contributed by atoms with E-state index < -0.39 is 0 Å². The molecule has 8 rings (SSSR count). The van der Waals surface area contributed by atoms with E-state index in [1.165, 1.54) is 39.1 Å². The van der Waals surface area contributed by atoms with Crippen molar-refractivity contribution in [3.63, 3.8) is 0 Å². The normalized spacial score (nSPS) is 12.7. The van der Waals surface area contributed by atoms with Gasteiger partial charge in [-0.25, -0.2) is 4.39 Å². The van der Waals surface area contributed by atoms with E-state index in [4.69, 9.17) is 0 Å². The average Bonchev–Trinajstić information content (AvgIpc) is 3.01. The summed E-state index contributed by atoms with van der Waals surface area (Å²) >= 11 is 0. The van der Waals surface area contributed by atoms with Gasteiger partial charge in [0.1, 0.15) is 5.82 Å². The Morgan fingerprint density at radius 2 is 1.34 bits per heavy atom. The molecule has 0 aliphatic carbocycles. The quantitative estimate of drug-likeness (QED) is 0.235. The number of aryl methyl sites for hydroxylation is 1. The number of fused-ring (bicyclic) bond motifs is 4. The molecule has 194 valence electrons. The van der Waals surface area contributed by atoms with Crippen LogP contribution in [-0.4, -0.2) is 6.71 Å². The van der Waals surface area contributed by atoms with E-state index in [9.17, 15) is 4.39 Å². The van der Waals surface area contributed by atoms with Crippen molar-refractivity contribution in [2.45, 2.75) is 6.92 Å². The Labute approximate surface area is 239 Å². The molecule has 0 fully saturated rings. The second kappa shape index (κ2) is 9.24. The maximum Gasteiger partial charge on any atom is 0.252 e. The third kappa shape index (κ3) is 3.71. The van der Waals surface area contributed by atoms with Crippen LogP contribution in [0, 0.1) is 12.7 Å². The first-order valence-corrected chi connectivity index (χ1v) is 14.0. The molecule has 2 heterocycles. The first kappa shape index (κ1) is 23.8. The van der Waals surface area contributed by atoms with Gasteiger partial charge < -0.3 is 10.2 Å². The van der Waals surface area contributed by atoms with Crippen molar-refractivity contribution >= 4 is 51.5 Å². The van der Waals surface area contributed by atoms with Crippen LogP contribution in [0.3, 0.4) is 0 Å². The molecule has 0 amide bonds.